The average Bonchev–Trinajstić information content (AvgIpc) is 3.36. The summed E-state index contributed by atoms with van der Waals surface area (Å²) in [7, 11) is 0. The average molecular weight is 363 g/mol. The number of rotatable bonds is 3. The molecule has 1 N–H and O–H groups in total. The number of nitrogens with one attached hydrogen (secondary N) is 1. The highest BCUT2D eigenvalue weighted by Crippen LogP contribution is 2.45. The van der Waals surface area contributed by atoms with Crippen LogP contribution in [0.25, 0.3) is 0 Å². The van der Waals surface area contributed by atoms with Gasteiger partial charge >= 0.3 is 0 Å². The molecule has 1 fully saturated rings. The second kappa shape index (κ2) is 6.59. The Morgan fingerprint density at radius 2 is 1.78 bits per heavy atom. The summed E-state index contributed by atoms with van der Waals surface area (Å²) in [6.07, 6.45) is 5.99. The fourth-order valence-corrected chi connectivity index (χ4v) is 4.97. The summed E-state index contributed by atoms with van der Waals surface area (Å²) in [5.41, 5.74) is 3.25. The van der Waals surface area contributed by atoms with Gasteiger partial charge in [0.25, 0.3) is 0 Å². The number of benzene rings is 2. The van der Waals surface area contributed by atoms with Crippen molar-refractivity contribution in [1.82, 2.24) is 5.32 Å². The van der Waals surface area contributed by atoms with Crippen LogP contribution < -0.4 is 14.8 Å². The van der Waals surface area contributed by atoms with Crippen LogP contribution in [0, 0.1) is 0 Å². The van der Waals surface area contributed by atoms with Gasteiger partial charge in [0, 0.05) is 0 Å². The van der Waals surface area contributed by atoms with Gasteiger partial charge in [0.15, 0.2) is 11.5 Å². The quantitative estimate of drug-likeness (QED) is 0.894. The van der Waals surface area contributed by atoms with Crippen LogP contribution in [-0.2, 0) is 16.6 Å². The molecular weight excluding hydrogens is 338 g/mol. The zero-order chi connectivity index (χ0) is 18.3. The number of carbonyl (C=O) groups is 1. The van der Waals surface area contributed by atoms with Crippen molar-refractivity contribution in [2.45, 2.75) is 50.0 Å². The van der Waals surface area contributed by atoms with Crippen molar-refractivity contribution < 1.29 is 14.3 Å². The number of hydrogen-bond donors (Lipinski definition) is 1. The van der Waals surface area contributed by atoms with Crippen LogP contribution in [0.4, 0.5) is 0 Å². The molecule has 4 heteroatoms. The first-order chi connectivity index (χ1) is 13.3. The van der Waals surface area contributed by atoms with Crippen LogP contribution in [0.5, 0.6) is 11.5 Å². The third-order valence-electron chi connectivity index (χ3n) is 6.42. The molecule has 1 heterocycles. The second-order valence-electron chi connectivity index (χ2n) is 7.91. The molecule has 140 valence electrons. The van der Waals surface area contributed by atoms with E-state index in [1.807, 2.05) is 12.1 Å². The van der Waals surface area contributed by atoms with Crippen molar-refractivity contribution in [1.29, 1.82) is 0 Å². The number of aryl methyl sites for hydroxylation is 1. The molecule has 1 amide bonds. The SMILES string of the molecule is O=C(N[C@@H]1CCc2ccccc21)C1(c2ccc3c(c2)OCCO3)CCCC1. The summed E-state index contributed by atoms with van der Waals surface area (Å²) < 4.78 is 11.4. The minimum Gasteiger partial charge on any atom is -0.486 e. The Labute approximate surface area is 159 Å². The van der Waals surface area contributed by atoms with Crippen molar-refractivity contribution in [3.05, 3.63) is 59.2 Å². The van der Waals surface area contributed by atoms with Crippen LogP contribution in [0.15, 0.2) is 42.5 Å². The van der Waals surface area contributed by atoms with Gasteiger partial charge in [0.1, 0.15) is 13.2 Å². The molecule has 0 radical (unpaired) electrons. The summed E-state index contributed by atoms with van der Waals surface area (Å²) in [6.45, 7) is 1.15. The summed E-state index contributed by atoms with van der Waals surface area (Å²) >= 11 is 0. The number of carbonyl (C=O) groups excluding carboxylic acids is 1. The Morgan fingerprint density at radius 3 is 2.63 bits per heavy atom. The molecular formula is C23H25NO3. The Bertz CT molecular complexity index is 870. The molecule has 1 aliphatic heterocycles. The normalized spacial score (nSPS) is 22.3. The molecule has 1 saturated carbocycles. The fraction of sp³-hybridized carbons (Fsp3) is 0.435. The number of amides is 1. The molecule has 2 aromatic rings. The molecule has 27 heavy (non-hydrogen) atoms. The molecule has 4 nitrogen and oxygen atoms in total. The summed E-state index contributed by atoms with van der Waals surface area (Å²) in [6, 6.07) is 14.6. The Kier molecular flexibility index (Phi) is 4.07. The van der Waals surface area contributed by atoms with Gasteiger partial charge in [-0.05, 0) is 54.5 Å². The molecule has 0 saturated heterocycles. The lowest BCUT2D eigenvalue weighted by Gasteiger charge is -2.31. The minimum absolute atomic E-state index is 0.128. The van der Waals surface area contributed by atoms with E-state index in [0.717, 1.165) is 55.6 Å². The van der Waals surface area contributed by atoms with E-state index in [1.54, 1.807) is 0 Å². The first kappa shape index (κ1) is 16.7. The predicted molar refractivity (Wildman–Crippen MR) is 103 cm³/mol. The van der Waals surface area contributed by atoms with Crippen molar-refractivity contribution in [2.24, 2.45) is 0 Å². The van der Waals surface area contributed by atoms with Crippen LogP contribution in [-0.4, -0.2) is 19.1 Å². The van der Waals surface area contributed by atoms with E-state index in [9.17, 15) is 4.79 Å². The van der Waals surface area contributed by atoms with E-state index in [-0.39, 0.29) is 11.9 Å². The van der Waals surface area contributed by atoms with E-state index in [4.69, 9.17) is 9.47 Å². The van der Waals surface area contributed by atoms with E-state index < -0.39 is 5.41 Å². The smallest absolute Gasteiger partial charge is 0.231 e. The molecule has 0 spiro atoms. The van der Waals surface area contributed by atoms with Gasteiger partial charge in [-0.2, -0.15) is 0 Å². The largest absolute Gasteiger partial charge is 0.486 e. The number of hydrogen-bond acceptors (Lipinski definition) is 3. The summed E-state index contributed by atoms with van der Waals surface area (Å²) in [5, 5.41) is 3.39. The predicted octanol–water partition coefficient (Wildman–Crippen LogP) is 4.07. The maximum absolute atomic E-state index is 13.5. The maximum Gasteiger partial charge on any atom is 0.231 e. The Balaban J connectivity index is 1.44. The lowest BCUT2D eigenvalue weighted by molar-refractivity contribution is -0.127. The van der Waals surface area contributed by atoms with Crippen LogP contribution in [0.1, 0.15) is 54.8 Å². The third-order valence-corrected chi connectivity index (χ3v) is 6.42. The Hall–Kier alpha value is -2.49. The maximum atomic E-state index is 13.5. The molecule has 2 aliphatic carbocycles. The standard InChI is InChI=1S/C23H25NO3/c25-22(24-19-9-7-16-5-1-2-6-18(16)19)23(11-3-4-12-23)17-8-10-20-21(15-17)27-14-13-26-20/h1-2,5-6,8,10,15,19H,3-4,7,9,11-14H2,(H,24,25)/t19-/m1/s1. The number of ether oxygens (including phenoxy) is 2. The molecule has 0 aromatic heterocycles. The van der Waals surface area contributed by atoms with Gasteiger partial charge in [-0.3, -0.25) is 4.79 Å². The van der Waals surface area contributed by atoms with Gasteiger partial charge in [0.2, 0.25) is 5.91 Å². The summed E-state index contributed by atoms with van der Waals surface area (Å²) in [5.74, 6) is 1.71. The van der Waals surface area contributed by atoms with Crippen molar-refractivity contribution in [3.63, 3.8) is 0 Å². The van der Waals surface area contributed by atoms with E-state index >= 15 is 0 Å². The first-order valence-corrected chi connectivity index (χ1v) is 10.1. The molecule has 0 unspecified atom stereocenters. The highest BCUT2D eigenvalue weighted by molar-refractivity contribution is 5.89. The molecule has 5 rings (SSSR count). The van der Waals surface area contributed by atoms with Crippen LogP contribution >= 0.6 is 0 Å². The fourth-order valence-electron chi connectivity index (χ4n) is 4.97. The van der Waals surface area contributed by atoms with Crippen molar-refractivity contribution in [3.8, 4) is 11.5 Å². The topological polar surface area (TPSA) is 47.6 Å². The minimum atomic E-state index is -0.451. The summed E-state index contributed by atoms with van der Waals surface area (Å²) in [4.78, 5) is 13.5. The second-order valence-corrected chi connectivity index (χ2v) is 7.91. The molecule has 1 atom stereocenters. The van der Waals surface area contributed by atoms with E-state index in [2.05, 4.69) is 35.6 Å². The molecule has 3 aliphatic rings. The van der Waals surface area contributed by atoms with Crippen LogP contribution in [0.3, 0.4) is 0 Å². The lowest BCUT2D eigenvalue weighted by atomic mass is 9.77. The van der Waals surface area contributed by atoms with Crippen LogP contribution in [0.2, 0.25) is 0 Å². The zero-order valence-corrected chi connectivity index (χ0v) is 15.5. The first-order valence-electron chi connectivity index (χ1n) is 10.1. The highest BCUT2D eigenvalue weighted by atomic mass is 16.6. The lowest BCUT2D eigenvalue weighted by Crippen LogP contribution is -2.43. The van der Waals surface area contributed by atoms with Crippen molar-refractivity contribution in [2.75, 3.05) is 13.2 Å². The highest BCUT2D eigenvalue weighted by Gasteiger charge is 2.44. The van der Waals surface area contributed by atoms with Crippen molar-refractivity contribution >= 4 is 5.91 Å². The Morgan fingerprint density at radius 1 is 1.00 bits per heavy atom. The molecule has 0 bridgehead atoms. The monoisotopic (exact) mass is 363 g/mol. The van der Waals surface area contributed by atoms with Gasteiger partial charge in [-0.25, -0.2) is 0 Å². The number of fused-ring (bicyclic) bond motifs is 2. The van der Waals surface area contributed by atoms with Gasteiger partial charge in [-0.15, -0.1) is 0 Å². The van der Waals surface area contributed by atoms with E-state index in [1.165, 1.54) is 11.1 Å². The van der Waals surface area contributed by atoms with Gasteiger partial charge in [-0.1, -0.05) is 43.2 Å². The van der Waals surface area contributed by atoms with Gasteiger partial charge in [0.05, 0.1) is 11.5 Å². The van der Waals surface area contributed by atoms with E-state index in [0.29, 0.717) is 13.2 Å². The third kappa shape index (κ3) is 2.78. The molecule has 2 aromatic carbocycles. The zero-order valence-electron chi connectivity index (χ0n) is 15.5. The van der Waals surface area contributed by atoms with Gasteiger partial charge < -0.3 is 14.8 Å².